The molecule has 0 radical (unpaired) electrons. The van der Waals surface area contributed by atoms with Crippen LogP contribution in [0.25, 0.3) is 0 Å². The Hall–Kier alpha value is -0.700. The molecule has 0 aromatic carbocycles. The van der Waals surface area contributed by atoms with Gasteiger partial charge in [-0.3, -0.25) is 14.4 Å². The summed E-state index contributed by atoms with van der Waals surface area (Å²) < 4.78 is -2.15. The number of rotatable bonds is 6. The molecular weight excluding hydrogens is 350 g/mol. The van der Waals surface area contributed by atoms with Gasteiger partial charge in [0.05, 0.1) is 0 Å². The minimum absolute atomic E-state index is 0.490. The number of carbonyl (C=O) groups excluding carboxylic acids is 3. The van der Waals surface area contributed by atoms with Crippen molar-refractivity contribution < 1.29 is 34.8 Å². The van der Waals surface area contributed by atoms with Crippen molar-refractivity contribution in [2.75, 3.05) is 0 Å². The summed E-state index contributed by atoms with van der Waals surface area (Å²) in [4.78, 5) is 34.0. The zero-order valence-electron chi connectivity index (χ0n) is 10.9. The topological polar surface area (TPSA) is 132 Å². The highest BCUT2D eigenvalue weighted by molar-refractivity contribution is 6.68. The summed E-state index contributed by atoms with van der Waals surface area (Å²) in [6, 6.07) is 0. The Morgan fingerprint density at radius 2 is 1.52 bits per heavy atom. The van der Waals surface area contributed by atoms with Crippen molar-refractivity contribution in [3.05, 3.63) is 11.8 Å². The Morgan fingerprint density at radius 1 is 1.10 bits per heavy atom. The number of carbonyl (C=O) groups is 3. The minimum atomic E-state index is -3.24. The van der Waals surface area contributed by atoms with E-state index in [4.69, 9.17) is 34.8 Å². The Balaban J connectivity index is 5.68. The number of halogens is 3. The van der Waals surface area contributed by atoms with Gasteiger partial charge in [-0.2, -0.15) is 0 Å². The standard InChI is InChI=1S/C11H13Cl3O7/c1-4(15)8(19)11(21,5(2)16)9(20)7(18)6(17)3-10(12,13)14/h3,7,9,17-18,20-21H,1-2H3/t7-,9+,11+/m1/s1. The number of Topliss-reactive ketones (excluding diaryl/α,β-unsaturated/α-hetero) is 3. The lowest BCUT2D eigenvalue weighted by atomic mass is 9.83. The fourth-order valence-corrected chi connectivity index (χ4v) is 1.75. The van der Waals surface area contributed by atoms with E-state index < -0.39 is 44.7 Å². The molecule has 7 nitrogen and oxygen atoms in total. The van der Waals surface area contributed by atoms with E-state index in [0.29, 0.717) is 13.0 Å². The smallest absolute Gasteiger partial charge is 0.239 e. The second kappa shape index (κ2) is 7.04. The van der Waals surface area contributed by atoms with E-state index in [1.807, 2.05) is 0 Å². The average molecular weight is 364 g/mol. The molecule has 0 aliphatic carbocycles. The number of allylic oxidation sites excluding steroid dienone is 1. The van der Waals surface area contributed by atoms with Gasteiger partial charge in [0.15, 0.2) is 11.6 Å². The van der Waals surface area contributed by atoms with Crippen LogP contribution in [0.15, 0.2) is 11.8 Å². The molecule has 0 aliphatic heterocycles. The molecule has 0 heterocycles. The van der Waals surface area contributed by atoms with Crippen LogP contribution in [0.3, 0.4) is 0 Å². The van der Waals surface area contributed by atoms with Gasteiger partial charge in [-0.25, -0.2) is 0 Å². The van der Waals surface area contributed by atoms with Crippen LogP contribution in [0.2, 0.25) is 0 Å². The maximum absolute atomic E-state index is 11.6. The van der Waals surface area contributed by atoms with Crippen molar-refractivity contribution in [3.8, 4) is 0 Å². The lowest BCUT2D eigenvalue weighted by Gasteiger charge is -2.31. The Labute approximate surface area is 134 Å². The largest absolute Gasteiger partial charge is 0.510 e. The van der Waals surface area contributed by atoms with Crippen molar-refractivity contribution in [1.29, 1.82) is 0 Å². The molecule has 0 aliphatic rings. The van der Waals surface area contributed by atoms with Crippen LogP contribution in [0.4, 0.5) is 0 Å². The van der Waals surface area contributed by atoms with E-state index in [2.05, 4.69) is 0 Å². The monoisotopic (exact) mass is 362 g/mol. The van der Waals surface area contributed by atoms with E-state index >= 15 is 0 Å². The third kappa shape index (κ3) is 4.91. The molecule has 21 heavy (non-hydrogen) atoms. The van der Waals surface area contributed by atoms with Gasteiger partial charge in [0, 0.05) is 13.0 Å². The molecule has 0 aromatic heterocycles. The van der Waals surface area contributed by atoms with Crippen LogP contribution >= 0.6 is 34.8 Å². The second-order valence-electron chi connectivity index (χ2n) is 4.21. The SMILES string of the molecule is CC(=O)C(=O)[C@@](O)(C(C)=O)[C@@H](O)[C@H](O)C(O)=CC(Cl)(Cl)Cl. The van der Waals surface area contributed by atoms with E-state index in [0.717, 1.165) is 6.92 Å². The summed E-state index contributed by atoms with van der Waals surface area (Å²) in [5.74, 6) is -5.30. The third-order valence-electron chi connectivity index (χ3n) is 2.54. The number of hydrogen-bond donors (Lipinski definition) is 4. The van der Waals surface area contributed by atoms with Crippen LogP contribution in [0.5, 0.6) is 0 Å². The van der Waals surface area contributed by atoms with Gasteiger partial charge in [0.25, 0.3) is 0 Å². The normalized spacial score (nSPS) is 18.6. The molecule has 0 saturated heterocycles. The molecule has 10 heteroatoms. The van der Waals surface area contributed by atoms with E-state index in [1.54, 1.807) is 0 Å². The molecule has 0 aromatic rings. The Morgan fingerprint density at radius 3 is 1.81 bits per heavy atom. The molecule has 0 saturated carbocycles. The Kier molecular flexibility index (Phi) is 6.81. The predicted octanol–water partition coefficient (Wildman–Crippen LogP) is -0.00150. The lowest BCUT2D eigenvalue weighted by Crippen LogP contribution is -2.61. The molecule has 0 rings (SSSR count). The molecule has 120 valence electrons. The highest BCUT2D eigenvalue weighted by Gasteiger charge is 2.53. The van der Waals surface area contributed by atoms with Gasteiger partial charge in [0.1, 0.15) is 18.0 Å². The minimum Gasteiger partial charge on any atom is -0.510 e. The maximum atomic E-state index is 11.6. The maximum Gasteiger partial charge on any atom is 0.239 e. The summed E-state index contributed by atoms with van der Waals surface area (Å²) in [5, 5.41) is 38.8. The van der Waals surface area contributed by atoms with Gasteiger partial charge >= 0.3 is 0 Å². The summed E-state index contributed by atoms with van der Waals surface area (Å²) in [5.41, 5.74) is -3.24. The molecule has 0 amide bonds. The molecule has 4 N–H and O–H groups in total. The second-order valence-corrected chi connectivity index (χ2v) is 6.58. The number of alkyl halides is 3. The third-order valence-corrected chi connectivity index (χ3v) is 2.87. The van der Waals surface area contributed by atoms with Crippen LogP contribution < -0.4 is 0 Å². The summed E-state index contributed by atoms with van der Waals surface area (Å²) in [6.07, 6.45) is -4.41. The first-order chi connectivity index (χ1) is 9.25. The average Bonchev–Trinajstić information content (AvgIpc) is 2.32. The quantitative estimate of drug-likeness (QED) is 0.226. The predicted molar refractivity (Wildman–Crippen MR) is 74.3 cm³/mol. The lowest BCUT2D eigenvalue weighted by molar-refractivity contribution is -0.172. The van der Waals surface area contributed by atoms with E-state index in [9.17, 15) is 34.8 Å². The van der Waals surface area contributed by atoms with Crippen molar-refractivity contribution in [3.63, 3.8) is 0 Å². The molecular formula is C11H13Cl3O7. The van der Waals surface area contributed by atoms with Crippen LogP contribution in [0, 0.1) is 0 Å². The molecule has 0 fully saturated rings. The zero-order valence-corrected chi connectivity index (χ0v) is 13.1. The zero-order chi connectivity index (χ0) is 17.2. The van der Waals surface area contributed by atoms with Gasteiger partial charge < -0.3 is 20.4 Å². The number of ketones is 3. The van der Waals surface area contributed by atoms with Crippen molar-refractivity contribution in [1.82, 2.24) is 0 Å². The van der Waals surface area contributed by atoms with Crippen LogP contribution in [-0.4, -0.2) is 59.4 Å². The first kappa shape index (κ1) is 20.3. The highest BCUT2D eigenvalue weighted by Crippen LogP contribution is 2.30. The van der Waals surface area contributed by atoms with Crippen LogP contribution in [0.1, 0.15) is 13.8 Å². The van der Waals surface area contributed by atoms with Crippen molar-refractivity contribution in [2.45, 2.75) is 35.4 Å². The first-order valence-electron chi connectivity index (χ1n) is 5.38. The van der Waals surface area contributed by atoms with Crippen molar-refractivity contribution in [2.24, 2.45) is 0 Å². The molecule has 0 unspecified atom stereocenters. The van der Waals surface area contributed by atoms with Crippen LogP contribution in [-0.2, 0) is 14.4 Å². The highest BCUT2D eigenvalue weighted by atomic mass is 35.6. The fraction of sp³-hybridized carbons (Fsp3) is 0.545. The summed E-state index contributed by atoms with van der Waals surface area (Å²) in [6.45, 7) is 1.47. The summed E-state index contributed by atoms with van der Waals surface area (Å²) >= 11 is 16.0. The van der Waals surface area contributed by atoms with E-state index in [-0.39, 0.29) is 0 Å². The van der Waals surface area contributed by atoms with Gasteiger partial charge in [-0.1, -0.05) is 34.8 Å². The van der Waals surface area contributed by atoms with Crippen molar-refractivity contribution >= 4 is 52.2 Å². The van der Waals surface area contributed by atoms with Gasteiger partial charge in [-0.15, -0.1) is 0 Å². The molecule has 0 spiro atoms. The van der Waals surface area contributed by atoms with Gasteiger partial charge in [0.2, 0.25) is 15.2 Å². The number of aliphatic hydroxyl groups is 4. The number of aliphatic hydroxyl groups excluding tert-OH is 3. The van der Waals surface area contributed by atoms with E-state index in [1.165, 1.54) is 0 Å². The molecule has 3 atom stereocenters. The fourth-order valence-electron chi connectivity index (χ4n) is 1.41. The first-order valence-corrected chi connectivity index (χ1v) is 6.51. The Bertz CT molecular complexity index is 483. The molecule has 0 bridgehead atoms. The van der Waals surface area contributed by atoms with Gasteiger partial charge in [-0.05, 0) is 6.92 Å². The summed E-state index contributed by atoms with van der Waals surface area (Å²) in [7, 11) is 0. The number of hydrogen-bond acceptors (Lipinski definition) is 7.